The molecule has 4 aliphatic carbocycles. The Morgan fingerprint density at radius 3 is 1.84 bits per heavy atom. The summed E-state index contributed by atoms with van der Waals surface area (Å²) in [7, 11) is 0. The van der Waals surface area contributed by atoms with Crippen LogP contribution in [-0.2, 0) is 42.7 Å². The number of halogens is 2. The van der Waals surface area contributed by atoms with Crippen molar-refractivity contribution in [2.75, 3.05) is 6.61 Å². The number of rotatable bonds is 8. The number of esters is 1. The fraction of sp³-hybridized carbons (Fsp3) is 0.907. The number of carboxylic acids is 1. The molecule has 7 fully saturated rings. The molecule has 348 valence electrons. The van der Waals surface area contributed by atoms with Crippen LogP contribution in [-0.4, -0.2) is 151 Å². The molecule has 0 bridgehead atoms. The van der Waals surface area contributed by atoms with Crippen molar-refractivity contribution in [3.05, 3.63) is 11.6 Å². The number of hydrogen-bond acceptors (Lipinski definition) is 15. The molecule has 4 saturated carbocycles. The molecule has 0 aromatic heterocycles. The van der Waals surface area contributed by atoms with Gasteiger partial charge in [-0.3, -0.25) is 0 Å². The van der Waals surface area contributed by atoms with E-state index in [2.05, 4.69) is 6.92 Å². The van der Waals surface area contributed by atoms with E-state index in [1.807, 2.05) is 13.8 Å². The highest BCUT2D eigenvalue weighted by Gasteiger charge is 2.71. The van der Waals surface area contributed by atoms with Gasteiger partial charge in [0.25, 0.3) is 0 Å². The lowest BCUT2D eigenvalue weighted by Gasteiger charge is -2.65. The Hall–Kier alpha value is -1.22. The number of carbonyl (C=O) groups excluding carboxylic acids is 1. The molecule has 8 aliphatic rings. The van der Waals surface area contributed by atoms with Gasteiger partial charge in [-0.1, -0.05) is 37.0 Å². The monoisotopic (exact) mass is 908 g/mol. The highest BCUT2D eigenvalue weighted by Crippen LogP contribution is 2.70. The van der Waals surface area contributed by atoms with Gasteiger partial charge in [0.15, 0.2) is 18.9 Å². The summed E-state index contributed by atoms with van der Waals surface area (Å²) in [6.07, 6.45) is -1.51. The van der Waals surface area contributed by atoms with Gasteiger partial charge in [-0.05, 0) is 107 Å². The molecule has 21 atom stereocenters. The lowest BCUT2D eigenvalue weighted by atomic mass is 9.42. The number of aliphatic hydroxyl groups excluding tert-OH is 5. The van der Waals surface area contributed by atoms with Crippen LogP contribution in [0.3, 0.4) is 0 Å². The highest BCUT2D eigenvalue weighted by molar-refractivity contribution is 6.52. The van der Waals surface area contributed by atoms with Gasteiger partial charge >= 0.3 is 11.9 Å². The summed E-state index contributed by atoms with van der Waals surface area (Å²) in [6.45, 7) is 9.90. The number of hydrogen-bond donors (Lipinski definition) is 7. The number of carbonyl (C=O) groups is 2. The summed E-state index contributed by atoms with van der Waals surface area (Å²) in [6, 6.07) is 0. The Morgan fingerprint density at radius 2 is 1.31 bits per heavy atom. The van der Waals surface area contributed by atoms with E-state index in [0.717, 1.165) is 44.1 Å². The average molecular weight is 910 g/mol. The van der Waals surface area contributed by atoms with Gasteiger partial charge in [-0.2, -0.15) is 0 Å². The first kappa shape index (κ1) is 47.7. The smallest absolute Gasteiger partial charge is 0.337 e. The van der Waals surface area contributed by atoms with Crippen molar-refractivity contribution in [2.24, 2.45) is 34.5 Å². The Labute approximate surface area is 367 Å². The van der Waals surface area contributed by atoms with Crippen LogP contribution in [0.25, 0.3) is 0 Å². The summed E-state index contributed by atoms with van der Waals surface area (Å²) in [5.74, 6) is -1.01. The molecule has 3 saturated heterocycles. The fourth-order valence-electron chi connectivity index (χ4n) is 12.8. The maximum atomic E-state index is 12.6. The minimum atomic E-state index is -1.29. The largest absolute Gasteiger partial charge is 0.479 e. The number of fused-ring (bicyclic) bond motifs is 5. The summed E-state index contributed by atoms with van der Waals surface area (Å²) in [4.78, 5) is 20.1. The predicted octanol–water partition coefficient (Wildman–Crippen LogP) is 3.09. The zero-order valence-electron chi connectivity index (χ0n) is 35.6. The van der Waals surface area contributed by atoms with Gasteiger partial charge in [0.05, 0.1) is 54.4 Å². The Bertz CT molecular complexity index is 1570. The molecule has 7 N–H and O–H groups in total. The third-order valence-corrected chi connectivity index (χ3v) is 16.5. The van der Waals surface area contributed by atoms with Crippen LogP contribution in [0.1, 0.15) is 105 Å². The molecule has 0 aromatic rings. The second kappa shape index (κ2) is 18.6. The Balaban J connectivity index is 0.000000873. The zero-order valence-corrected chi connectivity index (χ0v) is 37.1. The quantitative estimate of drug-likeness (QED) is 0.105. The molecule has 4 aliphatic heterocycles. The molecule has 0 radical (unpaired) electrons. The number of carboxylic acid groups (broad SMARTS) is 1. The first-order valence-corrected chi connectivity index (χ1v) is 23.0. The van der Waals surface area contributed by atoms with Crippen molar-refractivity contribution < 1.29 is 78.5 Å². The maximum Gasteiger partial charge on any atom is 0.337 e. The SMILES string of the molecule is C[C@H]1O[C@@H](O[C@H]2[C@@H](O)C[C@H](O[C@H]3[C@@H](O)C[C@H](O[C@H]4CC[C@@]5(C)[C@H](CC[C@@H]6[C@@H]5C[C@@H](O)[C@]5(C)[C@@H](C7=CC(=O)OC7)CC[C@]65O)C4)O[C@@H]3C)O[C@@H]2C)C[C@H](O)[C@@H]1O.O=C(O)C(Cl)Cl. The first-order chi connectivity index (χ1) is 28.7. The van der Waals surface area contributed by atoms with Gasteiger partial charge < -0.3 is 68.9 Å². The molecule has 4 heterocycles. The normalized spacial score (nSPS) is 51.0. The molecule has 0 spiro atoms. The zero-order chi connectivity index (χ0) is 44.3. The van der Waals surface area contributed by atoms with Gasteiger partial charge in [0, 0.05) is 30.8 Å². The molecule has 16 nitrogen and oxygen atoms in total. The Kier molecular flexibility index (Phi) is 14.5. The van der Waals surface area contributed by atoms with Crippen molar-refractivity contribution in [1.82, 2.24) is 0 Å². The topological polar surface area (TPSA) is 240 Å². The number of ether oxygens (including phenoxy) is 7. The first-order valence-electron chi connectivity index (χ1n) is 22.1. The number of alkyl halides is 2. The Morgan fingerprint density at radius 1 is 0.754 bits per heavy atom. The van der Waals surface area contributed by atoms with E-state index < -0.39 is 102 Å². The molecule has 0 aromatic carbocycles. The van der Waals surface area contributed by atoms with E-state index in [1.54, 1.807) is 19.9 Å². The van der Waals surface area contributed by atoms with Crippen LogP contribution in [0.4, 0.5) is 0 Å². The third kappa shape index (κ3) is 9.17. The van der Waals surface area contributed by atoms with E-state index in [-0.39, 0.29) is 61.1 Å². The molecule has 0 unspecified atom stereocenters. The van der Waals surface area contributed by atoms with Crippen LogP contribution < -0.4 is 0 Å². The maximum absolute atomic E-state index is 12.6. The van der Waals surface area contributed by atoms with Crippen LogP contribution in [0, 0.1) is 34.5 Å². The minimum absolute atomic E-state index is 0.0452. The fourth-order valence-corrected chi connectivity index (χ4v) is 12.8. The van der Waals surface area contributed by atoms with Gasteiger partial charge in [0.1, 0.15) is 24.9 Å². The van der Waals surface area contributed by atoms with Crippen LogP contribution in [0.2, 0.25) is 0 Å². The molecular formula is C43H66Cl2O16. The minimum Gasteiger partial charge on any atom is -0.479 e. The predicted molar refractivity (Wildman–Crippen MR) is 216 cm³/mol. The van der Waals surface area contributed by atoms with E-state index in [4.69, 9.17) is 61.5 Å². The second-order valence-electron chi connectivity index (χ2n) is 19.5. The molecule has 0 amide bonds. The van der Waals surface area contributed by atoms with E-state index in [9.17, 15) is 40.2 Å². The molecule has 18 heteroatoms. The van der Waals surface area contributed by atoms with E-state index in [0.29, 0.717) is 18.8 Å². The van der Waals surface area contributed by atoms with Gasteiger partial charge in [-0.15, -0.1) is 0 Å². The van der Waals surface area contributed by atoms with E-state index >= 15 is 0 Å². The van der Waals surface area contributed by atoms with Crippen molar-refractivity contribution >= 4 is 35.1 Å². The number of aliphatic carboxylic acids is 1. The van der Waals surface area contributed by atoms with Crippen LogP contribution in [0.15, 0.2) is 11.6 Å². The highest BCUT2D eigenvalue weighted by atomic mass is 35.5. The van der Waals surface area contributed by atoms with Gasteiger partial charge in [-0.25, -0.2) is 9.59 Å². The summed E-state index contributed by atoms with van der Waals surface area (Å²) in [5, 5.41) is 74.6. The van der Waals surface area contributed by atoms with Gasteiger partial charge in [0.2, 0.25) is 4.84 Å². The van der Waals surface area contributed by atoms with Crippen molar-refractivity contribution in [3.63, 3.8) is 0 Å². The standard InChI is InChI=1S/C41H64O14.C2H2Cl2O2/c1-19-36(47)28(42)15-34(50-19)54-38-21(3)52-35(17-30(38)44)55-37-20(2)51-33(16-29(37)43)53-24-8-10-39(4)23(13-24)6-7-26-27(39)14-31(45)40(5)25(9-11-41(26,40)48)22-12-32(46)49-18-22;3-1(4)2(5)6/h12,19-21,23-31,33-38,42-45,47-48H,6-11,13-18H2,1-5H3;1H,(H,5,6)/t19-,20-,21-,23-,24+,25-,26-,27+,28+,29+,30+,31-,33+,34+,35+,36-,37-,38-,39+,40+,41+;/m1./s1. The third-order valence-electron chi connectivity index (χ3n) is 16.1. The van der Waals surface area contributed by atoms with Crippen molar-refractivity contribution in [2.45, 2.75) is 202 Å². The lowest BCUT2D eigenvalue weighted by Crippen LogP contribution is -2.67. The lowest BCUT2D eigenvalue weighted by molar-refractivity contribution is -0.336. The van der Waals surface area contributed by atoms with Crippen molar-refractivity contribution in [1.29, 1.82) is 0 Å². The van der Waals surface area contributed by atoms with Crippen molar-refractivity contribution in [3.8, 4) is 0 Å². The number of aliphatic hydroxyl groups is 6. The number of cyclic esters (lactones) is 1. The summed E-state index contributed by atoms with van der Waals surface area (Å²) in [5.41, 5.74) is -0.892. The molecule has 8 rings (SSSR count). The van der Waals surface area contributed by atoms with Crippen LogP contribution in [0.5, 0.6) is 0 Å². The van der Waals surface area contributed by atoms with E-state index in [1.165, 1.54) is 0 Å². The summed E-state index contributed by atoms with van der Waals surface area (Å²) >= 11 is 9.56. The molecular weight excluding hydrogens is 843 g/mol. The summed E-state index contributed by atoms with van der Waals surface area (Å²) < 4.78 is 42.1. The van der Waals surface area contributed by atoms with Crippen LogP contribution >= 0.6 is 23.2 Å². The average Bonchev–Trinajstić information content (AvgIpc) is 3.74. The molecule has 61 heavy (non-hydrogen) atoms. The second-order valence-corrected chi connectivity index (χ2v) is 20.6.